The molecule has 1 aliphatic heterocycles. The summed E-state index contributed by atoms with van der Waals surface area (Å²) < 4.78 is 42.3. The number of alkyl halides is 3. The predicted octanol–water partition coefficient (Wildman–Crippen LogP) is 5.50. The molecule has 0 bridgehead atoms. The molecule has 2 heterocycles. The summed E-state index contributed by atoms with van der Waals surface area (Å²) in [6.07, 6.45) is -5.56. The molecule has 10 heteroatoms. The van der Waals surface area contributed by atoms with E-state index < -0.39 is 30.3 Å². The summed E-state index contributed by atoms with van der Waals surface area (Å²) in [5.41, 5.74) is 1.49. The number of carbonyl (C=O) groups excluding carboxylic acids is 1. The highest BCUT2D eigenvalue weighted by Crippen LogP contribution is 2.43. The van der Waals surface area contributed by atoms with Gasteiger partial charge in [0.15, 0.2) is 11.7 Å². The summed E-state index contributed by atoms with van der Waals surface area (Å²) in [6, 6.07) is 11.9. The van der Waals surface area contributed by atoms with Crippen molar-refractivity contribution >= 4 is 29.0 Å². The summed E-state index contributed by atoms with van der Waals surface area (Å²) in [5, 5.41) is 19.8. The lowest BCUT2D eigenvalue weighted by Crippen LogP contribution is -2.35. The lowest BCUT2D eigenvalue weighted by molar-refractivity contribution is -0.173. The fraction of sp³-hybridized carbons (Fsp3) is 0.273. The molecule has 32 heavy (non-hydrogen) atoms. The Hall–Kier alpha value is -3.04. The van der Waals surface area contributed by atoms with Gasteiger partial charge in [-0.2, -0.15) is 18.3 Å². The molecule has 1 aromatic heterocycles. The molecule has 4 rings (SSSR count). The SMILES string of the molecule is C[C@H](O)c1cccc(NC(=O)c2cc3n(n2)[C@@H](C(F)(F)F)C[C@@H](c2ccc(Cl)cc2)N3)c1. The van der Waals surface area contributed by atoms with Gasteiger partial charge in [-0.15, -0.1) is 0 Å². The molecule has 6 nitrogen and oxygen atoms in total. The van der Waals surface area contributed by atoms with Crippen LogP contribution in [0.4, 0.5) is 24.7 Å². The van der Waals surface area contributed by atoms with Crippen molar-refractivity contribution in [2.75, 3.05) is 10.6 Å². The van der Waals surface area contributed by atoms with Gasteiger partial charge in [0.25, 0.3) is 5.91 Å². The number of rotatable bonds is 4. The molecule has 0 aliphatic carbocycles. The first-order chi connectivity index (χ1) is 15.1. The molecule has 1 amide bonds. The topological polar surface area (TPSA) is 79.2 Å². The van der Waals surface area contributed by atoms with E-state index in [1.54, 1.807) is 55.5 Å². The average molecular weight is 465 g/mol. The highest BCUT2D eigenvalue weighted by atomic mass is 35.5. The monoisotopic (exact) mass is 464 g/mol. The number of nitrogens with one attached hydrogen (secondary N) is 2. The molecule has 3 atom stereocenters. The number of halogens is 4. The van der Waals surface area contributed by atoms with Crippen LogP contribution in [-0.4, -0.2) is 27.0 Å². The van der Waals surface area contributed by atoms with E-state index in [4.69, 9.17) is 11.6 Å². The smallest absolute Gasteiger partial charge is 0.389 e. The number of aliphatic hydroxyl groups is 1. The lowest BCUT2D eigenvalue weighted by atomic mass is 9.97. The number of nitrogens with zero attached hydrogens (tertiary/aromatic N) is 2. The number of hydrogen-bond acceptors (Lipinski definition) is 4. The molecule has 3 N–H and O–H groups in total. The zero-order valence-corrected chi connectivity index (χ0v) is 17.7. The van der Waals surface area contributed by atoms with Crippen LogP contribution >= 0.6 is 11.6 Å². The van der Waals surface area contributed by atoms with Crippen molar-refractivity contribution < 1.29 is 23.1 Å². The van der Waals surface area contributed by atoms with Crippen LogP contribution in [0.5, 0.6) is 0 Å². The van der Waals surface area contributed by atoms with Gasteiger partial charge < -0.3 is 15.7 Å². The van der Waals surface area contributed by atoms with E-state index in [0.717, 1.165) is 4.68 Å². The van der Waals surface area contributed by atoms with Crippen molar-refractivity contribution in [3.63, 3.8) is 0 Å². The van der Waals surface area contributed by atoms with E-state index in [1.165, 1.54) is 6.07 Å². The van der Waals surface area contributed by atoms with Gasteiger partial charge in [-0.25, -0.2) is 4.68 Å². The molecule has 0 saturated carbocycles. The molecule has 0 spiro atoms. The number of anilines is 2. The van der Waals surface area contributed by atoms with Gasteiger partial charge >= 0.3 is 6.18 Å². The van der Waals surface area contributed by atoms with Gasteiger partial charge in [0.05, 0.1) is 12.1 Å². The van der Waals surface area contributed by atoms with Crippen LogP contribution in [0, 0.1) is 0 Å². The van der Waals surface area contributed by atoms with Crippen LogP contribution in [0.2, 0.25) is 5.02 Å². The number of hydrogen-bond donors (Lipinski definition) is 3. The Labute approximate surface area is 187 Å². The number of amides is 1. The molecular weight excluding hydrogens is 445 g/mol. The molecule has 0 radical (unpaired) electrons. The first-order valence-corrected chi connectivity index (χ1v) is 10.3. The van der Waals surface area contributed by atoms with Gasteiger partial charge in [0, 0.05) is 23.2 Å². The van der Waals surface area contributed by atoms with Crippen LogP contribution < -0.4 is 10.6 Å². The number of benzene rings is 2. The van der Waals surface area contributed by atoms with Crippen LogP contribution in [0.3, 0.4) is 0 Å². The van der Waals surface area contributed by atoms with Crippen LogP contribution in [0.25, 0.3) is 0 Å². The quantitative estimate of drug-likeness (QED) is 0.476. The van der Waals surface area contributed by atoms with Crippen molar-refractivity contribution in [2.45, 2.75) is 37.7 Å². The minimum atomic E-state index is -4.55. The Morgan fingerprint density at radius 1 is 1.25 bits per heavy atom. The number of carbonyl (C=O) groups is 1. The van der Waals surface area contributed by atoms with E-state index in [1.807, 2.05) is 0 Å². The van der Waals surface area contributed by atoms with E-state index in [0.29, 0.717) is 21.8 Å². The van der Waals surface area contributed by atoms with E-state index in [2.05, 4.69) is 15.7 Å². The third-order valence-electron chi connectivity index (χ3n) is 5.32. The second-order valence-corrected chi connectivity index (χ2v) is 8.09. The molecule has 0 fully saturated rings. The molecule has 0 unspecified atom stereocenters. The molecule has 3 aromatic rings. The summed E-state index contributed by atoms with van der Waals surface area (Å²) in [7, 11) is 0. The van der Waals surface area contributed by atoms with E-state index in [-0.39, 0.29) is 17.9 Å². The summed E-state index contributed by atoms with van der Waals surface area (Å²) in [4.78, 5) is 12.7. The Morgan fingerprint density at radius 2 is 1.97 bits per heavy atom. The first kappa shape index (κ1) is 22.2. The zero-order valence-electron chi connectivity index (χ0n) is 16.9. The average Bonchev–Trinajstić information content (AvgIpc) is 3.17. The number of fused-ring (bicyclic) bond motifs is 1. The standard InChI is InChI=1S/C22H20ClF3N4O2/c1-12(31)14-3-2-4-16(9-14)27-21(32)18-11-20-28-17(13-5-7-15(23)8-6-13)10-19(22(24,25)26)30(20)29-18/h2-9,11-12,17,19,28,31H,10H2,1H3,(H,27,32)/t12-,17-,19+/m0/s1. The number of aliphatic hydroxyl groups excluding tert-OH is 1. The summed E-state index contributed by atoms with van der Waals surface area (Å²) in [6.45, 7) is 1.59. The van der Waals surface area contributed by atoms with Crippen LogP contribution in [0.1, 0.15) is 53.1 Å². The second kappa shape index (κ2) is 8.48. The minimum absolute atomic E-state index is 0.0985. The van der Waals surface area contributed by atoms with Gasteiger partial charge in [0.1, 0.15) is 5.82 Å². The maximum atomic E-state index is 13.8. The normalized spacial score (nSPS) is 19.1. The Bertz CT molecular complexity index is 1130. The Balaban J connectivity index is 1.62. The van der Waals surface area contributed by atoms with Crippen LogP contribution in [0.15, 0.2) is 54.6 Å². The lowest BCUT2D eigenvalue weighted by Gasteiger charge is -2.33. The Kier molecular flexibility index (Phi) is 5.87. The molecule has 168 valence electrons. The first-order valence-electron chi connectivity index (χ1n) is 9.89. The predicted molar refractivity (Wildman–Crippen MR) is 115 cm³/mol. The third-order valence-corrected chi connectivity index (χ3v) is 5.57. The third kappa shape index (κ3) is 4.58. The molecule has 2 aromatic carbocycles. The Morgan fingerprint density at radius 3 is 2.62 bits per heavy atom. The van der Waals surface area contributed by atoms with Crippen molar-refractivity contribution in [1.82, 2.24) is 9.78 Å². The van der Waals surface area contributed by atoms with E-state index in [9.17, 15) is 23.1 Å². The van der Waals surface area contributed by atoms with Crippen molar-refractivity contribution in [3.8, 4) is 0 Å². The highest BCUT2D eigenvalue weighted by molar-refractivity contribution is 6.30. The van der Waals surface area contributed by atoms with Gasteiger partial charge in [-0.3, -0.25) is 4.79 Å². The van der Waals surface area contributed by atoms with Gasteiger partial charge in [-0.05, 0) is 42.3 Å². The van der Waals surface area contributed by atoms with Crippen molar-refractivity contribution in [1.29, 1.82) is 0 Å². The van der Waals surface area contributed by atoms with Gasteiger partial charge in [-0.1, -0.05) is 35.9 Å². The second-order valence-electron chi connectivity index (χ2n) is 7.66. The maximum Gasteiger partial charge on any atom is 0.410 e. The maximum absolute atomic E-state index is 13.8. The van der Waals surface area contributed by atoms with Gasteiger partial charge in [0.2, 0.25) is 0 Å². The fourth-order valence-electron chi connectivity index (χ4n) is 3.67. The fourth-order valence-corrected chi connectivity index (χ4v) is 3.80. The minimum Gasteiger partial charge on any atom is -0.389 e. The molecular formula is C22H20ClF3N4O2. The van der Waals surface area contributed by atoms with Crippen molar-refractivity contribution in [2.24, 2.45) is 0 Å². The largest absolute Gasteiger partial charge is 0.410 e. The zero-order chi connectivity index (χ0) is 23.0. The summed E-state index contributed by atoms with van der Waals surface area (Å²) >= 11 is 5.89. The van der Waals surface area contributed by atoms with E-state index >= 15 is 0 Å². The molecule has 1 aliphatic rings. The number of aromatic nitrogens is 2. The van der Waals surface area contributed by atoms with Crippen molar-refractivity contribution in [3.05, 3.63) is 76.4 Å². The van der Waals surface area contributed by atoms with Crippen LogP contribution in [-0.2, 0) is 0 Å². The highest BCUT2D eigenvalue weighted by Gasteiger charge is 2.46. The molecule has 0 saturated heterocycles. The summed E-state index contributed by atoms with van der Waals surface area (Å²) in [5.74, 6) is -0.554.